The van der Waals surface area contributed by atoms with Crippen molar-refractivity contribution in [3.05, 3.63) is 30.6 Å². The maximum atomic E-state index is 5.23. The molecule has 0 bridgehead atoms. The molecule has 1 heterocycles. The van der Waals surface area contributed by atoms with Gasteiger partial charge in [-0.3, -0.25) is 4.99 Å². The van der Waals surface area contributed by atoms with Crippen molar-refractivity contribution in [1.29, 1.82) is 0 Å². The van der Waals surface area contributed by atoms with Crippen LogP contribution >= 0.6 is 0 Å². The van der Waals surface area contributed by atoms with Gasteiger partial charge in [-0.2, -0.15) is 0 Å². The standard InChI is InChI=1S/C15H19N5/c1-3-9-17-15(16-4-2)18-10-11-20-12-19-13-7-5-6-8-14(13)20/h1,5-8,12H,4,9-11H2,2H3,(H2,16,17,18). The number of nitrogens with zero attached hydrogens (tertiary/aromatic N) is 3. The normalized spacial score (nSPS) is 11.3. The molecule has 5 heteroatoms. The van der Waals surface area contributed by atoms with Gasteiger partial charge in [-0.15, -0.1) is 6.42 Å². The Morgan fingerprint density at radius 3 is 3.05 bits per heavy atom. The number of rotatable bonds is 5. The number of hydrogen-bond donors (Lipinski definition) is 2. The fourth-order valence-corrected chi connectivity index (χ4v) is 1.93. The maximum Gasteiger partial charge on any atom is 0.192 e. The molecule has 0 aliphatic carbocycles. The molecule has 0 amide bonds. The van der Waals surface area contributed by atoms with Crippen LogP contribution in [0.4, 0.5) is 0 Å². The van der Waals surface area contributed by atoms with Crippen molar-refractivity contribution in [3.63, 3.8) is 0 Å². The fraction of sp³-hybridized carbons (Fsp3) is 0.333. The van der Waals surface area contributed by atoms with Gasteiger partial charge in [0, 0.05) is 13.1 Å². The van der Waals surface area contributed by atoms with E-state index in [1.54, 1.807) is 0 Å². The van der Waals surface area contributed by atoms with Crippen LogP contribution in [0.3, 0.4) is 0 Å². The highest BCUT2D eigenvalue weighted by molar-refractivity contribution is 5.80. The van der Waals surface area contributed by atoms with Crippen LogP contribution in [-0.2, 0) is 6.54 Å². The van der Waals surface area contributed by atoms with Crippen LogP contribution < -0.4 is 10.6 Å². The van der Waals surface area contributed by atoms with Crippen LogP contribution in [0.5, 0.6) is 0 Å². The molecule has 1 aromatic carbocycles. The average molecular weight is 269 g/mol. The number of benzene rings is 1. The van der Waals surface area contributed by atoms with Crippen molar-refractivity contribution in [1.82, 2.24) is 20.2 Å². The summed E-state index contributed by atoms with van der Waals surface area (Å²) in [6, 6.07) is 8.08. The summed E-state index contributed by atoms with van der Waals surface area (Å²) in [6.07, 6.45) is 7.08. The first-order valence-electron chi connectivity index (χ1n) is 6.70. The molecule has 0 spiro atoms. The van der Waals surface area contributed by atoms with E-state index in [2.05, 4.69) is 37.2 Å². The van der Waals surface area contributed by atoms with Crippen molar-refractivity contribution in [2.24, 2.45) is 4.99 Å². The molecular formula is C15H19N5. The lowest BCUT2D eigenvalue weighted by Crippen LogP contribution is -2.37. The Morgan fingerprint density at radius 2 is 2.25 bits per heavy atom. The van der Waals surface area contributed by atoms with Gasteiger partial charge in [0.2, 0.25) is 0 Å². The van der Waals surface area contributed by atoms with Gasteiger partial charge in [0.05, 0.1) is 30.5 Å². The summed E-state index contributed by atoms with van der Waals surface area (Å²) in [5, 5.41) is 6.22. The van der Waals surface area contributed by atoms with Gasteiger partial charge >= 0.3 is 0 Å². The van der Waals surface area contributed by atoms with E-state index in [9.17, 15) is 0 Å². The Kier molecular flexibility index (Phi) is 5.01. The van der Waals surface area contributed by atoms with E-state index >= 15 is 0 Å². The van der Waals surface area contributed by atoms with Crippen LogP contribution in [0, 0.1) is 12.3 Å². The fourth-order valence-electron chi connectivity index (χ4n) is 1.93. The van der Waals surface area contributed by atoms with Gasteiger partial charge in [-0.25, -0.2) is 4.98 Å². The number of aliphatic imine (C=N–C) groups is 1. The zero-order valence-electron chi connectivity index (χ0n) is 11.6. The molecule has 2 rings (SSSR count). The Morgan fingerprint density at radius 1 is 1.40 bits per heavy atom. The smallest absolute Gasteiger partial charge is 0.192 e. The predicted octanol–water partition coefficient (Wildman–Crippen LogP) is 1.22. The molecule has 1 aromatic heterocycles. The number of guanidine groups is 1. The second kappa shape index (κ2) is 7.19. The summed E-state index contributed by atoms with van der Waals surface area (Å²) in [4.78, 5) is 8.84. The third-order valence-electron chi connectivity index (χ3n) is 2.84. The topological polar surface area (TPSA) is 54.2 Å². The summed E-state index contributed by atoms with van der Waals surface area (Å²) < 4.78 is 2.10. The molecule has 0 unspecified atom stereocenters. The first kappa shape index (κ1) is 13.9. The summed E-state index contributed by atoms with van der Waals surface area (Å²) in [7, 11) is 0. The number of terminal acetylenes is 1. The molecule has 2 aromatic rings. The van der Waals surface area contributed by atoms with Crippen LogP contribution in [0.1, 0.15) is 6.92 Å². The van der Waals surface area contributed by atoms with E-state index in [1.807, 2.05) is 31.5 Å². The lowest BCUT2D eigenvalue weighted by atomic mass is 10.3. The predicted molar refractivity (Wildman–Crippen MR) is 82.5 cm³/mol. The number of aromatic nitrogens is 2. The van der Waals surface area contributed by atoms with Gasteiger partial charge in [0.25, 0.3) is 0 Å². The minimum absolute atomic E-state index is 0.472. The van der Waals surface area contributed by atoms with E-state index in [-0.39, 0.29) is 0 Å². The number of fused-ring (bicyclic) bond motifs is 1. The van der Waals surface area contributed by atoms with E-state index < -0.39 is 0 Å². The molecule has 0 aliphatic rings. The molecule has 0 fully saturated rings. The summed E-state index contributed by atoms with van der Waals surface area (Å²) in [5.41, 5.74) is 2.14. The number of nitrogens with one attached hydrogen (secondary N) is 2. The van der Waals surface area contributed by atoms with Crippen LogP contribution in [0.25, 0.3) is 11.0 Å². The Hall–Kier alpha value is -2.48. The second-order valence-electron chi connectivity index (χ2n) is 4.25. The Balaban J connectivity index is 1.98. The lowest BCUT2D eigenvalue weighted by Gasteiger charge is -2.09. The molecule has 5 nitrogen and oxygen atoms in total. The van der Waals surface area contributed by atoms with Gasteiger partial charge in [0.15, 0.2) is 5.96 Å². The molecule has 0 saturated heterocycles. The molecule has 104 valence electrons. The molecule has 0 radical (unpaired) electrons. The van der Waals surface area contributed by atoms with Crippen molar-refractivity contribution in [3.8, 4) is 12.3 Å². The summed E-state index contributed by atoms with van der Waals surface area (Å²) in [5.74, 6) is 3.28. The largest absolute Gasteiger partial charge is 0.357 e. The van der Waals surface area contributed by atoms with E-state index in [0.29, 0.717) is 13.1 Å². The highest BCUT2D eigenvalue weighted by Crippen LogP contribution is 2.11. The second-order valence-corrected chi connectivity index (χ2v) is 4.25. The molecule has 0 atom stereocenters. The zero-order valence-corrected chi connectivity index (χ0v) is 11.6. The number of imidazole rings is 1. The highest BCUT2D eigenvalue weighted by Gasteiger charge is 2.00. The summed E-state index contributed by atoms with van der Waals surface area (Å²) in [6.45, 7) is 4.76. The first-order chi connectivity index (χ1) is 9.85. The zero-order chi connectivity index (χ0) is 14.2. The van der Waals surface area contributed by atoms with Crippen molar-refractivity contribution >= 4 is 17.0 Å². The van der Waals surface area contributed by atoms with E-state index in [4.69, 9.17) is 6.42 Å². The molecular weight excluding hydrogens is 250 g/mol. The van der Waals surface area contributed by atoms with Crippen LogP contribution in [0.2, 0.25) is 0 Å². The van der Waals surface area contributed by atoms with E-state index in [0.717, 1.165) is 30.1 Å². The molecule has 0 aliphatic heterocycles. The number of para-hydroxylation sites is 2. The van der Waals surface area contributed by atoms with Gasteiger partial charge < -0.3 is 15.2 Å². The third-order valence-corrected chi connectivity index (χ3v) is 2.84. The quantitative estimate of drug-likeness (QED) is 0.487. The van der Waals surface area contributed by atoms with E-state index in [1.165, 1.54) is 0 Å². The SMILES string of the molecule is C#CCNC(=NCCn1cnc2ccccc21)NCC. The van der Waals surface area contributed by atoms with Gasteiger partial charge in [-0.1, -0.05) is 18.1 Å². The third kappa shape index (κ3) is 3.51. The van der Waals surface area contributed by atoms with Crippen molar-refractivity contribution < 1.29 is 0 Å². The molecule has 2 N–H and O–H groups in total. The number of hydrogen-bond acceptors (Lipinski definition) is 2. The average Bonchev–Trinajstić information content (AvgIpc) is 2.88. The van der Waals surface area contributed by atoms with Crippen molar-refractivity contribution in [2.75, 3.05) is 19.6 Å². The van der Waals surface area contributed by atoms with Gasteiger partial charge in [0.1, 0.15) is 0 Å². The minimum atomic E-state index is 0.472. The maximum absolute atomic E-state index is 5.23. The van der Waals surface area contributed by atoms with Crippen LogP contribution in [0.15, 0.2) is 35.6 Å². The first-order valence-corrected chi connectivity index (χ1v) is 6.70. The minimum Gasteiger partial charge on any atom is -0.357 e. The lowest BCUT2D eigenvalue weighted by molar-refractivity contribution is 0.720. The Labute approximate surface area is 119 Å². The molecule has 0 saturated carbocycles. The monoisotopic (exact) mass is 269 g/mol. The van der Waals surface area contributed by atoms with Gasteiger partial charge in [-0.05, 0) is 19.1 Å². The Bertz CT molecular complexity index is 620. The van der Waals surface area contributed by atoms with Crippen molar-refractivity contribution in [2.45, 2.75) is 13.5 Å². The highest BCUT2D eigenvalue weighted by atomic mass is 15.2. The van der Waals surface area contributed by atoms with Crippen LogP contribution in [-0.4, -0.2) is 35.1 Å². The summed E-state index contributed by atoms with van der Waals surface area (Å²) >= 11 is 0. The molecule has 20 heavy (non-hydrogen) atoms.